The Labute approximate surface area is 184 Å². The van der Waals surface area contributed by atoms with Gasteiger partial charge in [0.15, 0.2) is 0 Å². The van der Waals surface area contributed by atoms with Crippen LogP contribution >= 0.6 is 0 Å². The van der Waals surface area contributed by atoms with Crippen LogP contribution in [0.15, 0.2) is 60.7 Å². The molecule has 4 rings (SSSR count). The number of amides is 1. The zero-order valence-electron chi connectivity index (χ0n) is 18.1. The van der Waals surface area contributed by atoms with Gasteiger partial charge in [0.05, 0.1) is 0 Å². The summed E-state index contributed by atoms with van der Waals surface area (Å²) >= 11 is 0. The van der Waals surface area contributed by atoms with Gasteiger partial charge in [-0.2, -0.15) is 0 Å². The maximum atomic E-state index is 12.0. The summed E-state index contributed by atoms with van der Waals surface area (Å²) in [5, 5.41) is 20.7. The highest BCUT2D eigenvalue weighted by atomic mass is 16.5. The second-order valence-electron chi connectivity index (χ2n) is 9.12. The molecule has 6 heteroatoms. The van der Waals surface area contributed by atoms with E-state index in [1.165, 1.54) is 5.56 Å². The van der Waals surface area contributed by atoms with Crippen LogP contribution in [0.5, 0.6) is 5.75 Å². The first-order valence-electron chi connectivity index (χ1n) is 11.1. The van der Waals surface area contributed by atoms with Crippen LogP contribution in [0, 0.1) is 0 Å². The Bertz CT molecular complexity index is 850. The van der Waals surface area contributed by atoms with E-state index in [2.05, 4.69) is 17.0 Å². The molecule has 2 aromatic carbocycles. The fraction of sp³-hybridized carbons (Fsp3) is 0.480. The molecule has 1 saturated heterocycles. The third-order valence-corrected chi connectivity index (χ3v) is 6.37. The monoisotopic (exact) mass is 424 g/mol. The average molecular weight is 425 g/mol. The Morgan fingerprint density at radius 1 is 1.10 bits per heavy atom. The van der Waals surface area contributed by atoms with Crippen molar-refractivity contribution < 1.29 is 19.7 Å². The van der Waals surface area contributed by atoms with Crippen LogP contribution in [-0.2, 0) is 0 Å². The lowest BCUT2D eigenvalue weighted by Gasteiger charge is -2.40. The van der Waals surface area contributed by atoms with Crippen molar-refractivity contribution in [2.75, 3.05) is 26.2 Å². The number of benzene rings is 2. The van der Waals surface area contributed by atoms with Gasteiger partial charge in [-0.25, -0.2) is 4.79 Å². The zero-order chi connectivity index (χ0) is 21.8. The van der Waals surface area contributed by atoms with Crippen LogP contribution in [-0.4, -0.2) is 70.0 Å². The van der Waals surface area contributed by atoms with Crippen molar-refractivity contribution in [3.63, 3.8) is 0 Å². The van der Waals surface area contributed by atoms with Crippen molar-refractivity contribution in [3.8, 4) is 5.75 Å². The topological polar surface area (TPSA) is 73.2 Å². The first kappa shape index (κ1) is 21.7. The number of aliphatic hydroxyl groups is 1. The van der Waals surface area contributed by atoms with Crippen LogP contribution < -0.4 is 4.74 Å². The van der Waals surface area contributed by atoms with Crippen molar-refractivity contribution in [3.05, 3.63) is 66.2 Å². The fourth-order valence-electron chi connectivity index (χ4n) is 4.75. The van der Waals surface area contributed by atoms with Gasteiger partial charge in [0, 0.05) is 37.6 Å². The molecule has 1 aliphatic carbocycles. The van der Waals surface area contributed by atoms with E-state index in [-0.39, 0.29) is 18.7 Å². The molecule has 1 amide bonds. The third kappa shape index (κ3) is 5.57. The van der Waals surface area contributed by atoms with Gasteiger partial charge in [-0.3, -0.25) is 0 Å². The number of ether oxygens (including phenoxy) is 1. The minimum Gasteiger partial charge on any atom is -0.491 e. The third-order valence-electron chi connectivity index (χ3n) is 6.37. The maximum absolute atomic E-state index is 12.0. The number of likely N-dealkylation sites (tertiary alicyclic amines) is 1. The van der Waals surface area contributed by atoms with Gasteiger partial charge in [-0.1, -0.05) is 48.5 Å². The summed E-state index contributed by atoms with van der Waals surface area (Å²) in [6, 6.07) is 19.8. The maximum Gasteiger partial charge on any atom is 0.407 e. The van der Waals surface area contributed by atoms with E-state index in [9.17, 15) is 15.0 Å². The number of hydrogen-bond donors (Lipinski definition) is 2. The number of para-hydroxylation sites is 1. The zero-order valence-corrected chi connectivity index (χ0v) is 18.1. The summed E-state index contributed by atoms with van der Waals surface area (Å²) in [5.41, 5.74) is 0.259. The van der Waals surface area contributed by atoms with Crippen molar-refractivity contribution in [1.82, 2.24) is 9.80 Å². The van der Waals surface area contributed by atoms with Gasteiger partial charge in [-0.05, 0) is 43.9 Å². The minimum atomic E-state index is -0.968. The largest absolute Gasteiger partial charge is 0.491 e. The smallest absolute Gasteiger partial charge is 0.407 e. The fourth-order valence-corrected chi connectivity index (χ4v) is 4.75. The number of carboxylic acid groups (broad SMARTS) is 1. The molecule has 2 aliphatic rings. The quantitative estimate of drug-likeness (QED) is 0.674. The van der Waals surface area contributed by atoms with Gasteiger partial charge in [0.25, 0.3) is 0 Å². The Morgan fingerprint density at radius 3 is 2.32 bits per heavy atom. The van der Waals surface area contributed by atoms with Crippen molar-refractivity contribution >= 4 is 6.09 Å². The molecule has 1 aliphatic heterocycles. The Balaban J connectivity index is 1.27. The summed E-state index contributed by atoms with van der Waals surface area (Å²) in [7, 11) is 0. The molecule has 166 valence electrons. The molecule has 0 aromatic heterocycles. The van der Waals surface area contributed by atoms with Gasteiger partial charge in [-0.15, -0.1) is 0 Å². The minimum absolute atomic E-state index is 0.0398. The highest BCUT2D eigenvalue weighted by Crippen LogP contribution is 2.46. The molecule has 2 aromatic rings. The number of rotatable bonds is 8. The number of nitrogens with zero attached hydrogens (tertiary/aromatic N) is 2. The van der Waals surface area contributed by atoms with E-state index in [0.717, 1.165) is 38.1 Å². The number of hydrogen-bond acceptors (Lipinski definition) is 4. The SMILES string of the molecule is CC(O)(COc1ccccc1)CN1CCC(N(C(=O)O)[C@@H]2C[C@H]2c2ccccc2)CC1. The van der Waals surface area contributed by atoms with Crippen LogP contribution in [0.3, 0.4) is 0 Å². The van der Waals surface area contributed by atoms with Crippen LogP contribution in [0.1, 0.15) is 37.7 Å². The molecule has 2 fully saturated rings. The van der Waals surface area contributed by atoms with E-state index in [4.69, 9.17) is 4.74 Å². The summed E-state index contributed by atoms with van der Waals surface area (Å²) in [6.07, 6.45) is 1.67. The van der Waals surface area contributed by atoms with Crippen molar-refractivity contribution in [2.45, 2.75) is 49.8 Å². The molecule has 1 unspecified atom stereocenters. The molecular formula is C25H32N2O4. The Kier molecular flexibility index (Phi) is 6.49. The van der Waals surface area contributed by atoms with Gasteiger partial charge in [0.1, 0.15) is 18.0 Å². The molecule has 31 heavy (non-hydrogen) atoms. The summed E-state index contributed by atoms with van der Waals surface area (Å²) in [4.78, 5) is 16.0. The molecule has 0 bridgehead atoms. The lowest BCUT2D eigenvalue weighted by molar-refractivity contribution is -0.0265. The Hall–Kier alpha value is -2.57. The molecule has 2 N–H and O–H groups in total. The molecule has 6 nitrogen and oxygen atoms in total. The standard InChI is InChI=1S/C25H32N2O4/c1-25(30,18-31-21-10-6-3-7-11-21)17-26-14-12-20(13-15-26)27(24(28)29)23-16-22(23)19-8-4-2-5-9-19/h2-11,20,22-23,30H,12-18H2,1H3,(H,28,29)/t22-,23+,25?/m0/s1. The van der Waals surface area contributed by atoms with Crippen molar-refractivity contribution in [1.29, 1.82) is 0 Å². The first-order chi connectivity index (χ1) is 14.9. The normalized spacial score (nSPS) is 23.7. The average Bonchev–Trinajstić information content (AvgIpc) is 3.55. The number of β-amino-alcohol motifs (C(OH)–C–C–N with tert-alkyl or cyclic N) is 1. The van der Waals surface area contributed by atoms with Crippen LogP contribution in [0.2, 0.25) is 0 Å². The van der Waals surface area contributed by atoms with Crippen LogP contribution in [0.25, 0.3) is 0 Å². The van der Waals surface area contributed by atoms with E-state index in [1.807, 2.05) is 48.5 Å². The second kappa shape index (κ2) is 9.28. The molecule has 3 atom stereocenters. The molecule has 1 saturated carbocycles. The summed E-state index contributed by atoms with van der Waals surface area (Å²) in [6.45, 7) is 4.08. The lowest BCUT2D eigenvalue weighted by Crippen LogP contribution is -2.52. The molecule has 0 radical (unpaired) electrons. The van der Waals surface area contributed by atoms with Gasteiger partial charge >= 0.3 is 6.09 Å². The molecular weight excluding hydrogens is 392 g/mol. The number of carbonyl (C=O) groups is 1. The molecule has 1 heterocycles. The van der Waals surface area contributed by atoms with Crippen LogP contribution in [0.4, 0.5) is 4.79 Å². The van der Waals surface area contributed by atoms with Gasteiger partial charge in [0.2, 0.25) is 0 Å². The van der Waals surface area contributed by atoms with Gasteiger partial charge < -0.3 is 24.7 Å². The highest BCUT2D eigenvalue weighted by molar-refractivity contribution is 5.67. The lowest BCUT2D eigenvalue weighted by atomic mass is 10.00. The molecule has 0 spiro atoms. The highest BCUT2D eigenvalue weighted by Gasteiger charge is 2.47. The first-order valence-corrected chi connectivity index (χ1v) is 11.1. The van der Waals surface area contributed by atoms with Crippen molar-refractivity contribution in [2.24, 2.45) is 0 Å². The summed E-state index contributed by atoms with van der Waals surface area (Å²) < 4.78 is 5.73. The predicted molar refractivity (Wildman–Crippen MR) is 119 cm³/mol. The summed E-state index contributed by atoms with van der Waals surface area (Å²) in [5.74, 6) is 1.06. The van der Waals surface area contributed by atoms with E-state index in [0.29, 0.717) is 12.5 Å². The van der Waals surface area contributed by atoms with E-state index < -0.39 is 11.7 Å². The van der Waals surface area contributed by atoms with E-state index in [1.54, 1.807) is 11.8 Å². The Morgan fingerprint density at radius 2 is 1.71 bits per heavy atom. The second-order valence-corrected chi connectivity index (χ2v) is 9.12. The predicted octanol–water partition coefficient (Wildman–Crippen LogP) is 3.82. The van der Waals surface area contributed by atoms with E-state index >= 15 is 0 Å². The number of piperidine rings is 1.